The van der Waals surface area contributed by atoms with E-state index in [-0.39, 0.29) is 17.9 Å². The van der Waals surface area contributed by atoms with E-state index in [0.29, 0.717) is 5.69 Å². The maximum atomic E-state index is 12.0. The molecule has 1 amide bonds. The van der Waals surface area contributed by atoms with Crippen LogP contribution < -0.4 is 11.1 Å². The highest BCUT2D eigenvalue weighted by atomic mass is 127. The van der Waals surface area contributed by atoms with Crippen molar-refractivity contribution in [2.24, 2.45) is 5.73 Å². The number of carbonyl (C=O) groups is 2. The van der Waals surface area contributed by atoms with E-state index in [1.54, 1.807) is 12.1 Å². The van der Waals surface area contributed by atoms with Gasteiger partial charge in [-0.2, -0.15) is 0 Å². The van der Waals surface area contributed by atoms with Crippen LogP contribution in [0.2, 0.25) is 0 Å². The summed E-state index contributed by atoms with van der Waals surface area (Å²) in [6.07, 6.45) is 4.03. The van der Waals surface area contributed by atoms with Crippen molar-refractivity contribution in [3.63, 3.8) is 0 Å². The van der Waals surface area contributed by atoms with Gasteiger partial charge in [0.2, 0.25) is 5.91 Å². The van der Waals surface area contributed by atoms with Crippen molar-refractivity contribution in [2.45, 2.75) is 37.6 Å². The zero-order chi connectivity index (χ0) is 14.8. The van der Waals surface area contributed by atoms with Gasteiger partial charge in [-0.1, -0.05) is 12.8 Å². The average Bonchev–Trinajstić information content (AvgIpc) is 2.77. The fraction of sp³-hybridized carbons (Fsp3) is 0.429. The molecule has 1 aliphatic rings. The second-order valence-corrected chi connectivity index (χ2v) is 6.54. The number of carbonyl (C=O) groups excluding carboxylic acids is 1. The van der Waals surface area contributed by atoms with Crippen LogP contribution in [0.4, 0.5) is 5.69 Å². The van der Waals surface area contributed by atoms with Crippen LogP contribution in [-0.2, 0) is 4.79 Å². The van der Waals surface area contributed by atoms with E-state index in [9.17, 15) is 9.59 Å². The second kappa shape index (κ2) is 6.09. The minimum Gasteiger partial charge on any atom is -0.478 e. The predicted molar refractivity (Wildman–Crippen MR) is 84.8 cm³/mol. The Labute approximate surface area is 131 Å². The number of hydrogen-bond acceptors (Lipinski definition) is 3. The van der Waals surface area contributed by atoms with E-state index in [1.165, 1.54) is 6.07 Å². The summed E-state index contributed by atoms with van der Waals surface area (Å²) in [6.45, 7) is 0. The number of carboxylic acid groups (broad SMARTS) is 1. The number of nitrogens with one attached hydrogen (secondary N) is 1. The predicted octanol–water partition coefficient (Wildman–Crippen LogP) is 2.59. The number of benzene rings is 1. The Morgan fingerprint density at radius 1 is 1.35 bits per heavy atom. The molecule has 0 heterocycles. The molecule has 0 aromatic heterocycles. The lowest BCUT2D eigenvalue weighted by Crippen LogP contribution is -2.40. The topological polar surface area (TPSA) is 92.4 Å². The molecule has 6 heteroatoms. The molecule has 1 saturated carbocycles. The maximum Gasteiger partial charge on any atom is 0.337 e. The molecular weight excluding hydrogens is 371 g/mol. The lowest BCUT2D eigenvalue weighted by atomic mass is 9.94. The highest BCUT2D eigenvalue weighted by molar-refractivity contribution is 14.1. The molecule has 108 valence electrons. The summed E-state index contributed by atoms with van der Waals surface area (Å²) in [7, 11) is 0. The number of aromatic carboxylic acids is 1. The highest BCUT2D eigenvalue weighted by Crippen LogP contribution is 2.30. The summed E-state index contributed by atoms with van der Waals surface area (Å²) in [6, 6.07) is 4.91. The van der Waals surface area contributed by atoms with E-state index >= 15 is 0 Å². The second-order valence-electron chi connectivity index (χ2n) is 5.29. The molecule has 0 unspecified atom stereocenters. The Balaban J connectivity index is 2.09. The van der Waals surface area contributed by atoms with Crippen LogP contribution in [0.5, 0.6) is 0 Å². The first kappa shape index (κ1) is 15.2. The van der Waals surface area contributed by atoms with Crippen molar-refractivity contribution in [1.82, 2.24) is 0 Å². The molecule has 0 spiro atoms. The number of nitrogens with two attached hydrogens (primary N) is 1. The molecule has 1 aliphatic carbocycles. The third kappa shape index (κ3) is 3.69. The Morgan fingerprint density at radius 2 is 2.00 bits per heavy atom. The van der Waals surface area contributed by atoms with Crippen LogP contribution in [0.25, 0.3) is 0 Å². The molecule has 2 rings (SSSR count). The van der Waals surface area contributed by atoms with Crippen LogP contribution in [0.3, 0.4) is 0 Å². The lowest BCUT2D eigenvalue weighted by molar-refractivity contribution is -0.117. The van der Waals surface area contributed by atoms with Crippen LogP contribution in [-0.4, -0.2) is 22.5 Å². The van der Waals surface area contributed by atoms with Crippen LogP contribution in [0.1, 0.15) is 42.5 Å². The molecule has 0 bridgehead atoms. The minimum absolute atomic E-state index is 0.0998. The molecule has 0 aliphatic heterocycles. The summed E-state index contributed by atoms with van der Waals surface area (Å²) in [5, 5.41) is 11.8. The zero-order valence-corrected chi connectivity index (χ0v) is 13.1. The molecule has 1 fully saturated rings. The number of carboxylic acids is 1. The molecular formula is C14H17IN2O3. The van der Waals surface area contributed by atoms with Crippen molar-refractivity contribution in [1.29, 1.82) is 0 Å². The largest absolute Gasteiger partial charge is 0.478 e. The molecule has 1 aromatic carbocycles. The third-order valence-corrected chi connectivity index (χ3v) is 4.27. The Morgan fingerprint density at radius 3 is 2.60 bits per heavy atom. The van der Waals surface area contributed by atoms with Crippen LogP contribution >= 0.6 is 22.6 Å². The molecule has 20 heavy (non-hydrogen) atoms. The number of amides is 1. The smallest absolute Gasteiger partial charge is 0.337 e. The van der Waals surface area contributed by atoms with Crippen molar-refractivity contribution in [3.8, 4) is 0 Å². The Bertz CT molecular complexity index is 539. The Hall–Kier alpha value is -1.15. The highest BCUT2D eigenvalue weighted by Gasteiger charge is 2.31. The quantitative estimate of drug-likeness (QED) is 0.692. The fourth-order valence-electron chi connectivity index (χ4n) is 2.57. The number of halogens is 1. The molecule has 1 aromatic rings. The van der Waals surface area contributed by atoms with Gasteiger partial charge in [0.15, 0.2) is 0 Å². The molecule has 0 radical (unpaired) electrons. The monoisotopic (exact) mass is 388 g/mol. The van der Waals surface area contributed by atoms with Crippen molar-refractivity contribution in [2.75, 3.05) is 5.32 Å². The summed E-state index contributed by atoms with van der Waals surface area (Å²) in [5.41, 5.74) is 6.15. The van der Waals surface area contributed by atoms with Gasteiger partial charge in [-0.3, -0.25) is 4.79 Å². The van der Waals surface area contributed by atoms with Crippen LogP contribution in [0, 0.1) is 3.57 Å². The van der Waals surface area contributed by atoms with Gasteiger partial charge in [-0.25, -0.2) is 4.79 Å². The van der Waals surface area contributed by atoms with E-state index in [1.807, 2.05) is 22.6 Å². The fourth-order valence-corrected chi connectivity index (χ4v) is 3.06. The summed E-state index contributed by atoms with van der Waals surface area (Å²) in [4.78, 5) is 23.2. The first-order valence-corrected chi connectivity index (χ1v) is 7.59. The van der Waals surface area contributed by atoms with E-state index in [0.717, 1.165) is 29.3 Å². The normalized spacial score (nSPS) is 16.9. The lowest BCUT2D eigenvalue weighted by Gasteiger charge is -2.22. The van der Waals surface area contributed by atoms with Gasteiger partial charge in [0.25, 0.3) is 0 Å². The number of hydrogen-bond donors (Lipinski definition) is 3. The van der Waals surface area contributed by atoms with Gasteiger partial charge in [-0.05, 0) is 53.6 Å². The standard InChI is InChI=1S/C14H17IN2O3/c15-9-3-4-11(10(7-9)13(19)20)17-12(18)8-14(16)5-1-2-6-14/h3-4,7H,1-2,5-6,8,16H2,(H,17,18)(H,19,20). The maximum absolute atomic E-state index is 12.0. The van der Waals surface area contributed by atoms with E-state index in [2.05, 4.69) is 5.32 Å². The van der Waals surface area contributed by atoms with E-state index in [4.69, 9.17) is 10.8 Å². The van der Waals surface area contributed by atoms with Crippen molar-refractivity contribution >= 4 is 40.2 Å². The van der Waals surface area contributed by atoms with Gasteiger partial charge >= 0.3 is 5.97 Å². The van der Waals surface area contributed by atoms with E-state index < -0.39 is 11.5 Å². The first-order chi connectivity index (χ1) is 9.39. The third-order valence-electron chi connectivity index (χ3n) is 3.60. The van der Waals surface area contributed by atoms with Gasteiger partial charge in [0, 0.05) is 15.5 Å². The zero-order valence-electron chi connectivity index (χ0n) is 11.0. The average molecular weight is 388 g/mol. The van der Waals surface area contributed by atoms with Crippen molar-refractivity contribution in [3.05, 3.63) is 27.3 Å². The minimum atomic E-state index is -1.05. The Kier molecular flexibility index (Phi) is 4.64. The van der Waals surface area contributed by atoms with Gasteiger partial charge < -0.3 is 16.2 Å². The van der Waals surface area contributed by atoms with Gasteiger partial charge in [0.05, 0.1) is 11.3 Å². The first-order valence-electron chi connectivity index (χ1n) is 6.51. The summed E-state index contributed by atoms with van der Waals surface area (Å²) >= 11 is 2.04. The van der Waals surface area contributed by atoms with Gasteiger partial charge in [-0.15, -0.1) is 0 Å². The van der Waals surface area contributed by atoms with Crippen LogP contribution in [0.15, 0.2) is 18.2 Å². The molecule has 0 atom stereocenters. The SMILES string of the molecule is NC1(CC(=O)Nc2ccc(I)cc2C(=O)O)CCCC1. The number of rotatable bonds is 4. The molecule has 0 saturated heterocycles. The number of anilines is 1. The van der Waals surface area contributed by atoms with Gasteiger partial charge in [0.1, 0.15) is 0 Å². The molecule has 4 N–H and O–H groups in total. The van der Waals surface area contributed by atoms with Crippen molar-refractivity contribution < 1.29 is 14.7 Å². The summed E-state index contributed by atoms with van der Waals surface area (Å²) in [5.74, 6) is -1.28. The molecule has 5 nitrogen and oxygen atoms in total. The summed E-state index contributed by atoms with van der Waals surface area (Å²) < 4.78 is 0.809.